The number of carboxylic acid groups (broad SMARTS) is 1. The maximum absolute atomic E-state index is 11.1. The molecule has 5 heteroatoms. The van der Waals surface area contributed by atoms with Crippen molar-refractivity contribution in [3.63, 3.8) is 0 Å². The van der Waals surface area contributed by atoms with Crippen LogP contribution in [-0.2, 0) is 0 Å². The Hall–Kier alpha value is -2.56. The Morgan fingerprint density at radius 2 is 1.90 bits per heavy atom. The van der Waals surface area contributed by atoms with Crippen LogP contribution < -0.4 is 9.47 Å². The van der Waals surface area contributed by atoms with E-state index in [1.54, 1.807) is 24.3 Å². The first-order valence-corrected chi connectivity index (χ1v) is 6.28. The van der Waals surface area contributed by atoms with Gasteiger partial charge in [0.1, 0.15) is 17.1 Å². The molecule has 0 aliphatic heterocycles. The number of benzene rings is 1. The summed E-state index contributed by atoms with van der Waals surface area (Å²) < 4.78 is 11.0. The molecule has 0 fully saturated rings. The Morgan fingerprint density at radius 1 is 1.20 bits per heavy atom. The van der Waals surface area contributed by atoms with E-state index in [0.717, 1.165) is 12.2 Å². The average Bonchev–Trinajstić information content (AvgIpc) is 2.47. The SMILES string of the molecule is CCCOc1ccc(Oc2cnccc2C(=O)O)cc1. The van der Waals surface area contributed by atoms with Crippen LogP contribution in [0, 0.1) is 0 Å². The molecule has 0 spiro atoms. The van der Waals surface area contributed by atoms with Crippen LogP contribution in [0.4, 0.5) is 0 Å². The van der Waals surface area contributed by atoms with Gasteiger partial charge in [-0.1, -0.05) is 6.92 Å². The van der Waals surface area contributed by atoms with Crippen LogP contribution >= 0.6 is 0 Å². The summed E-state index contributed by atoms with van der Waals surface area (Å²) in [5, 5.41) is 9.06. The second-order valence-corrected chi connectivity index (χ2v) is 4.10. The normalized spacial score (nSPS) is 10.1. The van der Waals surface area contributed by atoms with Gasteiger partial charge in [0, 0.05) is 6.20 Å². The number of ether oxygens (including phenoxy) is 2. The highest BCUT2D eigenvalue weighted by Crippen LogP contribution is 2.26. The van der Waals surface area contributed by atoms with E-state index in [1.807, 2.05) is 6.92 Å². The molecule has 1 aromatic carbocycles. The summed E-state index contributed by atoms with van der Waals surface area (Å²) in [6, 6.07) is 8.41. The van der Waals surface area contributed by atoms with Crippen molar-refractivity contribution in [2.45, 2.75) is 13.3 Å². The fourth-order valence-electron chi connectivity index (χ4n) is 1.59. The predicted octanol–water partition coefficient (Wildman–Crippen LogP) is 3.36. The summed E-state index contributed by atoms with van der Waals surface area (Å²) in [5.41, 5.74) is 0.0753. The minimum atomic E-state index is -1.05. The smallest absolute Gasteiger partial charge is 0.339 e. The molecular formula is C15H15NO4. The van der Waals surface area contributed by atoms with Crippen molar-refractivity contribution in [3.05, 3.63) is 48.3 Å². The Kier molecular flexibility index (Phi) is 4.55. The number of carbonyl (C=O) groups is 1. The molecular weight excluding hydrogens is 258 g/mol. The van der Waals surface area contributed by atoms with E-state index < -0.39 is 5.97 Å². The Morgan fingerprint density at radius 3 is 2.55 bits per heavy atom. The van der Waals surface area contributed by atoms with E-state index in [9.17, 15) is 4.79 Å². The van der Waals surface area contributed by atoms with E-state index >= 15 is 0 Å². The monoisotopic (exact) mass is 273 g/mol. The van der Waals surface area contributed by atoms with Crippen molar-refractivity contribution in [3.8, 4) is 17.2 Å². The molecule has 5 nitrogen and oxygen atoms in total. The fraction of sp³-hybridized carbons (Fsp3) is 0.200. The number of rotatable bonds is 6. The predicted molar refractivity (Wildman–Crippen MR) is 73.5 cm³/mol. The molecule has 1 heterocycles. The highest BCUT2D eigenvalue weighted by Gasteiger charge is 2.11. The van der Waals surface area contributed by atoms with Crippen LogP contribution in [0.5, 0.6) is 17.2 Å². The van der Waals surface area contributed by atoms with Crippen molar-refractivity contribution >= 4 is 5.97 Å². The summed E-state index contributed by atoms with van der Waals surface area (Å²) in [6.45, 7) is 2.69. The highest BCUT2D eigenvalue weighted by atomic mass is 16.5. The molecule has 2 aromatic rings. The lowest BCUT2D eigenvalue weighted by Gasteiger charge is -2.09. The quantitative estimate of drug-likeness (QED) is 0.874. The van der Waals surface area contributed by atoms with Crippen molar-refractivity contribution in [1.29, 1.82) is 0 Å². The van der Waals surface area contributed by atoms with Crippen LogP contribution in [0.1, 0.15) is 23.7 Å². The first-order valence-electron chi connectivity index (χ1n) is 6.28. The summed E-state index contributed by atoms with van der Waals surface area (Å²) >= 11 is 0. The zero-order valence-corrected chi connectivity index (χ0v) is 11.1. The lowest BCUT2D eigenvalue weighted by atomic mass is 10.2. The fourth-order valence-corrected chi connectivity index (χ4v) is 1.59. The first kappa shape index (κ1) is 13.9. The lowest BCUT2D eigenvalue weighted by molar-refractivity contribution is 0.0694. The zero-order chi connectivity index (χ0) is 14.4. The van der Waals surface area contributed by atoms with Gasteiger partial charge in [-0.05, 0) is 36.8 Å². The average molecular weight is 273 g/mol. The van der Waals surface area contributed by atoms with Crippen molar-refractivity contribution < 1.29 is 19.4 Å². The van der Waals surface area contributed by atoms with E-state index in [4.69, 9.17) is 14.6 Å². The molecule has 0 amide bonds. The molecule has 0 unspecified atom stereocenters. The molecule has 2 rings (SSSR count). The number of hydrogen-bond acceptors (Lipinski definition) is 4. The summed E-state index contributed by atoms with van der Waals surface area (Å²) in [5.74, 6) is 0.445. The van der Waals surface area contributed by atoms with Crippen LogP contribution in [0.3, 0.4) is 0 Å². The molecule has 0 bridgehead atoms. The Labute approximate surface area is 116 Å². The van der Waals surface area contributed by atoms with Crippen LogP contribution in [-0.4, -0.2) is 22.7 Å². The van der Waals surface area contributed by atoms with E-state index in [0.29, 0.717) is 12.4 Å². The summed E-state index contributed by atoms with van der Waals surface area (Å²) in [7, 11) is 0. The van der Waals surface area contributed by atoms with Crippen molar-refractivity contribution in [2.24, 2.45) is 0 Å². The second-order valence-electron chi connectivity index (χ2n) is 4.10. The molecule has 0 saturated carbocycles. The van der Waals surface area contributed by atoms with Crippen molar-refractivity contribution in [2.75, 3.05) is 6.61 Å². The van der Waals surface area contributed by atoms with Gasteiger partial charge >= 0.3 is 5.97 Å². The Balaban J connectivity index is 2.12. The molecule has 0 atom stereocenters. The van der Waals surface area contributed by atoms with Crippen LogP contribution in [0.15, 0.2) is 42.7 Å². The molecule has 1 N–H and O–H groups in total. The van der Waals surface area contributed by atoms with Gasteiger partial charge in [-0.15, -0.1) is 0 Å². The molecule has 0 aliphatic carbocycles. The van der Waals surface area contributed by atoms with Gasteiger partial charge in [0.2, 0.25) is 0 Å². The van der Waals surface area contributed by atoms with Gasteiger partial charge in [-0.3, -0.25) is 4.98 Å². The van der Waals surface area contributed by atoms with E-state index in [1.165, 1.54) is 18.5 Å². The van der Waals surface area contributed by atoms with Crippen molar-refractivity contribution in [1.82, 2.24) is 4.98 Å². The third-order valence-electron chi connectivity index (χ3n) is 2.54. The zero-order valence-electron chi connectivity index (χ0n) is 11.1. The van der Waals surface area contributed by atoms with Gasteiger partial charge in [0.25, 0.3) is 0 Å². The number of nitrogens with zero attached hydrogens (tertiary/aromatic N) is 1. The Bertz CT molecular complexity index is 581. The minimum absolute atomic E-state index is 0.0753. The van der Waals surface area contributed by atoms with Gasteiger partial charge in [-0.25, -0.2) is 4.79 Å². The van der Waals surface area contributed by atoms with E-state index in [2.05, 4.69) is 4.98 Å². The van der Waals surface area contributed by atoms with Crippen LogP contribution in [0.2, 0.25) is 0 Å². The van der Waals surface area contributed by atoms with Gasteiger partial charge in [-0.2, -0.15) is 0 Å². The minimum Gasteiger partial charge on any atom is -0.494 e. The maximum Gasteiger partial charge on any atom is 0.339 e. The van der Waals surface area contributed by atoms with Gasteiger partial charge in [0.15, 0.2) is 5.75 Å². The third kappa shape index (κ3) is 3.47. The molecule has 0 saturated heterocycles. The number of carboxylic acids is 1. The number of aromatic carboxylic acids is 1. The molecule has 104 valence electrons. The number of pyridine rings is 1. The van der Waals surface area contributed by atoms with Gasteiger partial charge < -0.3 is 14.6 Å². The maximum atomic E-state index is 11.1. The summed E-state index contributed by atoms with van der Waals surface area (Å²) in [4.78, 5) is 14.9. The van der Waals surface area contributed by atoms with Crippen LogP contribution in [0.25, 0.3) is 0 Å². The van der Waals surface area contributed by atoms with Gasteiger partial charge in [0.05, 0.1) is 12.8 Å². The summed E-state index contributed by atoms with van der Waals surface area (Å²) in [6.07, 6.45) is 3.73. The highest BCUT2D eigenvalue weighted by molar-refractivity contribution is 5.90. The molecule has 20 heavy (non-hydrogen) atoms. The number of hydrogen-bond donors (Lipinski definition) is 1. The molecule has 0 aliphatic rings. The standard InChI is InChI=1S/C15H15NO4/c1-2-9-19-11-3-5-12(6-4-11)20-14-10-16-8-7-13(14)15(17)18/h3-8,10H,2,9H2,1H3,(H,17,18). The lowest BCUT2D eigenvalue weighted by Crippen LogP contribution is -2.00. The second kappa shape index (κ2) is 6.56. The largest absolute Gasteiger partial charge is 0.494 e. The topological polar surface area (TPSA) is 68.7 Å². The first-order chi connectivity index (χ1) is 9.70. The molecule has 0 radical (unpaired) electrons. The molecule has 1 aromatic heterocycles. The van der Waals surface area contributed by atoms with E-state index in [-0.39, 0.29) is 11.3 Å². The number of aromatic nitrogens is 1. The third-order valence-corrected chi connectivity index (χ3v) is 2.54.